The fraction of sp³-hybridized carbons (Fsp3) is 0.700. The second kappa shape index (κ2) is 3.82. The third-order valence-electron chi connectivity index (χ3n) is 2.73. The quantitative estimate of drug-likeness (QED) is 0.743. The molecule has 0 spiro atoms. The van der Waals surface area contributed by atoms with Gasteiger partial charge in [-0.1, -0.05) is 15.9 Å². The molecule has 1 aliphatic carbocycles. The van der Waals surface area contributed by atoms with Crippen LogP contribution >= 0.6 is 15.9 Å². The zero-order chi connectivity index (χ0) is 9.26. The van der Waals surface area contributed by atoms with Crippen molar-refractivity contribution in [1.82, 2.24) is 9.78 Å². The van der Waals surface area contributed by atoms with Crippen LogP contribution in [0.1, 0.15) is 25.0 Å². The van der Waals surface area contributed by atoms with Gasteiger partial charge in [0.15, 0.2) is 0 Å². The van der Waals surface area contributed by atoms with Crippen LogP contribution in [0.15, 0.2) is 12.3 Å². The van der Waals surface area contributed by atoms with Crippen LogP contribution < -0.4 is 0 Å². The highest BCUT2D eigenvalue weighted by molar-refractivity contribution is 9.09. The number of hydrogen-bond acceptors (Lipinski definition) is 1. The lowest BCUT2D eigenvalue weighted by Gasteiger charge is -2.07. The minimum Gasteiger partial charge on any atom is -0.273 e. The zero-order valence-electron chi connectivity index (χ0n) is 7.91. The molecule has 0 saturated heterocycles. The second-order valence-corrected chi connectivity index (χ2v) is 5.01. The maximum atomic E-state index is 4.16. The van der Waals surface area contributed by atoms with Gasteiger partial charge in [0, 0.05) is 23.8 Å². The molecule has 1 atom stereocenters. The van der Waals surface area contributed by atoms with Gasteiger partial charge in [-0.2, -0.15) is 5.10 Å². The molecule has 0 N–H and O–H groups in total. The second-order valence-electron chi connectivity index (χ2n) is 3.84. The number of hydrogen-bond donors (Lipinski definition) is 0. The van der Waals surface area contributed by atoms with E-state index in [0.29, 0.717) is 0 Å². The Morgan fingerprint density at radius 1 is 1.69 bits per heavy atom. The van der Waals surface area contributed by atoms with Gasteiger partial charge in [0.05, 0.1) is 0 Å². The first-order chi connectivity index (χ1) is 6.27. The Labute approximate surface area is 87.5 Å². The average molecular weight is 243 g/mol. The van der Waals surface area contributed by atoms with E-state index < -0.39 is 0 Å². The molecule has 1 aromatic rings. The molecule has 2 rings (SSSR count). The topological polar surface area (TPSA) is 17.8 Å². The van der Waals surface area contributed by atoms with Crippen molar-refractivity contribution in [1.29, 1.82) is 0 Å². The van der Waals surface area contributed by atoms with Crippen LogP contribution in [-0.2, 0) is 13.5 Å². The van der Waals surface area contributed by atoms with Crippen LogP contribution in [-0.4, -0.2) is 14.6 Å². The fourth-order valence-electron chi connectivity index (χ4n) is 1.63. The summed E-state index contributed by atoms with van der Waals surface area (Å²) in [5.41, 5.74) is 1.34. The van der Waals surface area contributed by atoms with Crippen molar-refractivity contribution in [3.8, 4) is 0 Å². The molecule has 0 amide bonds. The summed E-state index contributed by atoms with van der Waals surface area (Å²) in [5, 5.41) is 4.16. The van der Waals surface area contributed by atoms with Gasteiger partial charge in [0.1, 0.15) is 0 Å². The van der Waals surface area contributed by atoms with E-state index >= 15 is 0 Å². The highest BCUT2D eigenvalue weighted by Gasteiger charge is 2.28. The van der Waals surface area contributed by atoms with Gasteiger partial charge >= 0.3 is 0 Å². The molecule has 13 heavy (non-hydrogen) atoms. The Balaban J connectivity index is 1.81. The Bertz CT molecular complexity index is 278. The van der Waals surface area contributed by atoms with E-state index in [1.807, 2.05) is 17.9 Å². The van der Waals surface area contributed by atoms with Crippen LogP contribution in [0.25, 0.3) is 0 Å². The van der Waals surface area contributed by atoms with Crippen molar-refractivity contribution >= 4 is 15.9 Å². The summed E-state index contributed by atoms with van der Waals surface area (Å²) >= 11 is 3.75. The largest absolute Gasteiger partial charge is 0.273 e. The van der Waals surface area contributed by atoms with Gasteiger partial charge in [-0.15, -0.1) is 0 Å². The maximum absolute atomic E-state index is 4.16. The van der Waals surface area contributed by atoms with Gasteiger partial charge < -0.3 is 0 Å². The molecular weight excluding hydrogens is 228 g/mol. The predicted octanol–water partition coefficient (Wildman–Crippen LogP) is 2.53. The van der Waals surface area contributed by atoms with E-state index in [9.17, 15) is 0 Å². The summed E-state index contributed by atoms with van der Waals surface area (Å²) in [6.45, 7) is 0. The number of rotatable bonds is 4. The molecule has 1 heterocycles. The van der Waals surface area contributed by atoms with E-state index in [0.717, 1.165) is 17.2 Å². The molecule has 1 saturated carbocycles. The molecular formula is C10H15BrN2. The third-order valence-corrected chi connectivity index (χ3v) is 3.94. The van der Waals surface area contributed by atoms with Crippen LogP contribution in [0.2, 0.25) is 0 Å². The van der Waals surface area contributed by atoms with E-state index in [4.69, 9.17) is 0 Å². The number of halogens is 1. The Morgan fingerprint density at radius 3 is 3.00 bits per heavy atom. The first-order valence-electron chi connectivity index (χ1n) is 4.88. The third kappa shape index (κ3) is 2.33. The van der Waals surface area contributed by atoms with Gasteiger partial charge in [0.25, 0.3) is 0 Å². The van der Waals surface area contributed by atoms with Crippen molar-refractivity contribution in [2.24, 2.45) is 13.0 Å². The van der Waals surface area contributed by atoms with Crippen LogP contribution in [0.5, 0.6) is 0 Å². The minimum absolute atomic E-state index is 0.724. The molecule has 0 bridgehead atoms. The standard InChI is InChI=1S/C10H15BrN2/c1-13-9(6-7-12-13)4-5-10(11)8-2-3-8/h6-8,10H,2-5H2,1H3. The summed E-state index contributed by atoms with van der Waals surface area (Å²) in [4.78, 5) is 0.724. The van der Waals surface area contributed by atoms with Crippen molar-refractivity contribution in [2.45, 2.75) is 30.5 Å². The summed E-state index contributed by atoms with van der Waals surface area (Å²) in [5.74, 6) is 0.952. The number of aromatic nitrogens is 2. The zero-order valence-corrected chi connectivity index (χ0v) is 9.50. The lowest BCUT2D eigenvalue weighted by molar-refractivity contribution is 0.645. The van der Waals surface area contributed by atoms with Gasteiger partial charge in [-0.3, -0.25) is 4.68 Å². The van der Waals surface area contributed by atoms with Crippen LogP contribution in [0.4, 0.5) is 0 Å². The lowest BCUT2D eigenvalue weighted by atomic mass is 10.1. The van der Waals surface area contributed by atoms with E-state index in [1.54, 1.807) is 0 Å². The molecule has 1 aliphatic rings. The van der Waals surface area contributed by atoms with E-state index in [-0.39, 0.29) is 0 Å². The van der Waals surface area contributed by atoms with Crippen molar-refractivity contribution in [3.05, 3.63) is 18.0 Å². The molecule has 2 nitrogen and oxygen atoms in total. The normalized spacial score (nSPS) is 18.9. The molecule has 0 aromatic carbocycles. The summed E-state index contributed by atoms with van der Waals surface area (Å²) in [6.07, 6.45) is 7.09. The maximum Gasteiger partial charge on any atom is 0.0492 e. The molecule has 72 valence electrons. The minimum atomic E-state index is 0.724. The van der Waals surface area contributed by atoms with E-state index in [2.05, 4.69) is 27.1 Å². The number of alkyl halides is 1. The Morgan fingerprint density at radius 2 is 2.46 bits per heavy atom. The average Bonchev–Trinajstić information content (AvgIpc) is 2.88. The molecule has 1 unspecified atom stereocenters. The van der Waals surface area contributed by atoms with Crippen molar-refractivity contribution in [3.63, 3.8) is 0 Å². The highest BCUT2D eigenvalue weighted by Crippen LogP contribution is 2.38. The SMILES string of the molecule is Cn1nccc1CCC(Br)C1CC1. The van der Waals surface area contributed by atoms with Crippen LogP contribution in [0.3, 0.4) is 0 Å². The first kappa shape index (κ1) is 9.25. The molecule has 0 radical (unpaired) electrons. The fourth-order valence-corrected chi connectivity index (χ4v) is 2.38. The van der Waals surface area contributed by atoms with Crippen molar-refractivity contribution in [2.75, 3.05) is 0 Å². The van der Waals surface area contributed by atoms with Crippen molar-refractivity contribution < 1.29 is 0 Å². The lowest BCUT2D eigenvalue weighted by Crippen LogP contribution is -2.05. The number of nitrogens with zero attached hydrogens (tertiary/aromatic N) is 2. The number of aryl methyl sites for hydroxylation is 2. The van der Waals surface area contributed by atoms with Gasteiger partial charge in [-0.25, -0.2) is 0 Å². The van der Waals surface area contributed by atoms with Crippen LogP contribution in [0, 0.1) is 5.92 Å². The Hall–Kier alpha value is -0.310. The highest BCUT2D eigenvalue weighted by atomic mass is 79.9. The molecule has 1 fully saturated rings. The molecule has 0 aliphatic heterocycles. The summed E-state index contributed by atoms with van der Waals surface area (Å²) in [7, 11) is 2.01. The smallest absolute Gasteiger partial charge is 0.0492 e. The molecule has 1 aromatic heterocycles. The van der Waals surface area contributed by atoms with E-state index in [1.165, 1.54) is 25.0 Å². The summed E-state index contributed by atoms with van der Waals surface area (Å²) < 4.78 is 1.96. The van der Waals surface area contributed by atoms with Gasteiger partial charge in [-0.05, 0) is 37.7 Å². The summed E-state index contributed by atoms with van der Waals surface area (Å²) in [6, 6.07) is 2.10. The predicted molar refractivity (Wildman–Crippen MR) is 57.0 cm³/mol. The first-order valence-corrected chi connectivity index (χ1v) is 5.80. The monoisotopic (exact) mass is 242 g/mol. The Kier molecular flexibility index (Phi) is 2.72. The van der Waals surface area contributed by atoms with Gasteiger partial charge in [0.2, 0.25) is 0 Å². The molecule has 3 heteroatoms.